The minimum absolute atomic E-state index is 0.170. The van der Waals surface area contributed by atoms with E-state index in [-0.39, 0.29) is 17.5 Å². The first kappa shape index (κ1) is 18.5. The predicted octanol–water partition coefficient (Wildman–Crippen LogP) is 3.51. The van der Waals surface area contributed by atoms with Gasteiger partial charge in [0.15, 0.2) is 10.8 Å². The van der Waals surface area contributed by atoms with E-state index < -0.39 is 0 Å². The summed E-state index contributed by atoms with van der Waals surface area (Å²) in [6, 6.07) is 5.70. The number of thiazole rings is 1. The van der Waals surface area contributed by atoms with Crippen LogP contribution in [0, 0.1) is 5.82 Å². The number of carbonyl (C=O) groups is 1. The Kier molecular flexibility index (Phi) is 5.74. The number of carbonyl (C=O) groups excluding carboxylic acids is 1. The Hall–Kier alpha value is -1.91. The maximum atomic E-state index is 12.9. The van der Waals surface area contributed by atoms with E-state index in [1.54, 1.807) is 11.3 Å². The van der Waals surface area contributed by atoms with Crippen molar-refractivity contribution in [2.75, 3.05) is 40.6 Å². The molecule has 0 aliphatic carbocycles. The van der Waals surface area contributed by atoms with Crippen LogP contribution in [0.5, 0.6) is 0 Å². The zero-order chi connectivity index (χ0) is 18.6. The standard InChI is InChI=1S/C17H16FN5OS3/c18-11-1-3-12(4-2-11)21-13(24)9-26-16-14-15(19-10-20-16)22-17(27-14)23-5-7-25-8-6-23/h1-4,10H,5-9H2,(H,21,24). The average molecular weight is 422 g/mol. The normalized spacial score (nSPS) is 14.5. The van der Waals surface area contributed by atoms with Crippen molar-refractivity contribution in [1.82, 2.24) is 15.0 Å². The predicted molar refractivity (Wildman–Crippen MR) is 111 cm³/mol. The van der Waals surface area contributed by atoms with Crippen molar-refractivity contribution in [3.05, 3.63) is 36.4 Å². The second-order valence-corrected chi connectivity index (χ2v) is 8.94. The summed E-state index contributed by atoms with van der Waals surface area (Å²) in [5.74, 6) is 1.91. The number of hydrogen-bond acceptors (Lipinski definition) is 8. The van der Waals surface area contributed by atoms with Crippen LogP contribution in [-0.4, -0.2) is 51.2 Å². The lowest BCUT2D eigenvalue weighted by Gasteiger charge is -2.25. The van der Waals surface area contributed by atoms with Gasteiger partial charge >= 0.3 is 0 Å². The zero-order valence-electron chi connectivity index (χ0n) is 14.2. The minimum atomic E-state index is -0.334. The van der Waals surface area contributed by atoms with Gasteiger partial charge in [0.1, 0.15) is 21.9 Å². The van der Waals surface area contributed by atoms with Gasteiger partial charge in [0.2, 0.25) is 5.91 Å². The van der Waals surface area contributed by atoms with Crippen molar-refractivity contribution in [2.24, 2.45) is 0 Å². The Labute approximate surface area is 168 Å². The van der Waals surface area contributed by atoms with E-state index in [4.69, 9.17) is 0 Å². The zero-order valence-corrected chi connectivity index (χ0v) is 16.7. The van der Waals surface area contributed by atoms with Gasteiger partial charge in [0.05, 0.1) is 5.75 Å². The van der Waals surface area contributed by atoms with Crippen molar-refractivity contribution in [3.8, 4) is 0 Å². The summed E-state index contributed by atoms with van der Waals surface area (Å²) >= 11 is 4.88. The van der Waals surface area contributed by atoms with Crippen LogP contribution in [0.25, 0.3) is 10.3 Å². The second kappa shape index (κ2) is 8.41. The average Bonchev–Trinajstić information content (AvgIpc) is 3.14. The topological polar surface area (TPSA) is 71.0 Å². The first-order valence-electron chi connectivity index (χ1n) is 8.31. The summed E-state index contributed by atoms with van der Waals surface area (Å²) in [6.07, 6.45) is 1.48. The Morgan fingerprint density at radius 2 is 2.00 bits per heavy atom. The van der Waals surface area contributed by atoms with Crippen LogP contribution in [0.2, 0.25) is 0 Å². The number of anilines is 2. The molecule has 1 amide bonds. The van der Waals surface area contributed by atoms with E-state index in [0.29, 0.717) is 11.3 Å². The molecule has 1 saturated heterocycles. The van der Waals surface area contributed by atoms with Gasteiger partial charge in [-0.25, -0.2) is 14.4 Å². The first-order chi connectivity index (χ1) is 13.2. The molecule has 1 aliphatic heterocycles. The maximum Gasteiger partial charge on any atom is 0.234 e. The van der Waals surface area contributed by atoms with Gasteiger partial charge in [-0.15, -0.1) is 0 Å². The van der Waals surface area contributed by atoms with E-state index in [1.165, 1.54) is 42.4 Å². The number of aromatic nitrogens is 3. The maximum absolute atomic E-state index is 12.9. The number of nitrogens with zero attached hydrogens (tertiary/aromatic N) is 4. The molecular weight excluding hydrogens is 405 g/mol. The lowest BCUT2D eigenvalue weighted by atomic mass is 10.3. The molecule has 3 heterocycles. The largest absolute Gasteiger partial charge is 0.346 e. The number of rotatable bonds is 5. The molecule has 1 aliphatic rings. The van der Waals surface area contributed by atoms with Crippen LogP contribution in [0.1, 0.15) is 0 Å². The molecular formula is C17H16FN5OS3. The lowest BCUT2D eigenvalue weighted by Crippen LogP contribution is -2.32. The summed E-state index contributed by atoms with van der Waals surface area (Å²) < 4.78 is 13.8. The Morgan fingerprint density at radius 1 is 1.22 bits per heavy atom. The summed E-state index contributed by atoms with van der Waals surface area (Å²) in [7, 11) is 0. The number of benzene rings is 1. The summed E-state index contributed by atoms with van der Waals surface area (Å²) in [6.45, 7) is 1.97. The fourth-order valence-electron chi connectivity index (χ4n) is 2.58. The van der Waals surface area contributed by atoms with Crippen molar-refractivity contribution in [1.29, 1.82) is 0 Å². The van der Waals surface area contributed by atoms with Crippen molar-refractivity contribution >= 4 is 61.9 Å². The number of amides is 1. The van der Waals surface area contributed by atoms with Crippen molar-refractivity contribution < 1.29 is 9.18 Å². The van der Waals surface area contributed by atoms with E-state index in [1.807, 2.05) is 11.8 Å². The number of hydrogen-bond donors (Lipinski definition) is 1. The third-order valence-corrected chi connectivity index (χ3v) is 7.07. The Morgan fingerprint density at radius 3 is 2.78 bits per heavy atom. The van der Waals surface area contributed by atoms with Crippen molar-refractivity contribution in [3.63, 3.8) is 0 Å². The monoisotopic (exact) mass is 421 g/mol. The molecule has 1 aromatic carbocycles. The quantitative estimate of drug-likeness (QED) is 0.499. The third kappa shape index (κ3) is 4.50. The fourth-order valence-corrected chi connectivity index (χ4v) is 5.42. The number of fused-ring (bicyclic) bond motifs is 1. The molecule has 0 bridgehead atoms. The molecule has 10 heteroatoms. The van der Waals surface area contributed by atoms with E-state index in [0.717, 1.165) is 39.5 Å². The Balaban J connectivity index is 1.44. The first-order valence-corrected chi connectivity index (χ1v) is 11.3. The molecule has 0 atom stereocenters. The van der Waals surface area contributed by atoms with Gasteiger partial charge in [-0.1, -0.05) is 23.1 Å². The highest BCUT2D eigenvalue weighted by atomic mass is 32.2. The molecule has 140 valence electrons. The van der Waals surface area contributed by atoms with Gasteiger partial charge in [0, 0.05) is 30.3 Å². The Bertz CT molecular complexity index is 943. The molecule has 6 nitrogen and oxygen atoms in total. The van der Waals surface area contributed by atoms with E-state index in [2.05, 4.69) is 25.2 Å². The van der Waals surface area contributed by atoms with Gasteiger partial charge in [-0.05, 0) is 24.3 Å². The molecule has 0 spiro atoms. The van der Waals surface area contributed by atoms with Crippen molar-refractivity contribution in [2.45, 2.75) is 5.03 Å². The summed E-state index contributed by atoms with van der Waals surface area (Å²) in [5.41, 5.74) is 1.24. The molecule has 0 unspecified atom stereocenters. The summed E-state index contributed by atoms with van der Waals surface area (Å²) in [5, 5.41) is 4.47. The minimum Gasteiger partial charge on any atom is -0.346 e. The molecule has 4 rings (SSSR count). The van der Waals surface area contributed by atoms with E-state index in [9.17, 15) is 9.18 Å². The number of nitrogens with one attached hydrogen (secondary N) is 1. The van der Waals surface area contributed by atoms with E-state index >= 15 is 0 Å². The highest BCUT2D eigenvalue weighted by Gasteiger charge is 2.18. The third-order valence-electron chi connectivity index (χ3n) is 3.90. The summed E-state index contributed by atoms with van der Waals surface area (Å²) in [4.78, 5) is 27.7. The van der Waals surface area contributed by atoms with Crippen LogP contribution >= 0.6 is 34.9 Å². The fraction of sp³-hybridized carbons (Fsp3) is 0.294. The molecule has 0 saturated carbocycles. The number of thioether (sulfide) groups is 2. The smallest absolute Gasteiger partial charge is 0.234 e. The van der Waals surface area contributed by atoms with Gasteiger partial charge in [0.25, 0.3) is 0 Å². The lowest BCUT2D eigenvalue weighted by molar-refractivity contribution is -0.113. The number of halogens is 1. The highest BCUT2D eigenvalue weighted by molar-refractivity contribution is 8.00. The van der Waals surface area contributed by atoms with Crippen LogP contribution in [0.3, 0.4) is 0 Å². The second-order valence-electron chi connectivity index (χ2n) is 5.77. The van der Waals surface area contributed by atoms with Gasteiger partial charge in [-0.2, -0.15) is 16.7 Å². The molecule has 1 fully saturated rings. The van der Waals surface area contributed by atoms with Crippen LogP contribution in [-0.2, 0) is 4.79 Å². The molecule has 27 heavy (non-hydrogen) atoms. The molecule has 2 aromatic heterocycles. The SMILES string of the molecule is O=C(CSc1ncnc2nc(N3CCSCC3)sc12)Nc1ccc(F)cc1. The molecule has 1 N–H and O–H groups in total. The molecule has 3 aromatic rings. The highest BCUT2D eigenvalue weighted by Crippen LogP contribution is 2.34. The molecule has 0 radical (unpaired) electrons. The van der Waals surface area contributed by atoms with Crippen LogP contribution in [0.4, 0.5) is 15.2 Å². The van der Waals surface area contributed by atoms with Gasteiger partial charge < -0.3 is 10.2 Å². The van der Waals surface area contributed by atoms with Crippen LogP contribution in [0.15, 0.2) is 35.6 Å². The van der Waals surface area contributed by atoms with Gasteiger partial charge in [-0.3, -0.25) is 4.79 Å². The van der Waals surface area contributed by atoms with Crippen LogP contribution < -0.4 is 10.2 Å².